The monoisotopic (exact) mass is 314 g/mol. The molecule has 0 aromatic carbocycles. The molecule has 1 N–H and O–H groups in total. The van der Waals surface area contributed by atoms with E-state index < -0.39 is 0 Å². The zero-order valence-electron chi connectivity index (χ0n) is 14.6. The molecule has 124 valence electrons. The maximum absolute atomic E-state index is 12.8. The van der Waals surface area contributed by atoms with Crippen LogP contribution in [0.2, 0.25) is 0 Å². The summed E-state index contributed by atoms with van der Waals surface area (Å²) in [6, 6.07) is 0. The van der Waals surface area contributed by atoms with Crippen LogP contribution in [0.5, 0.6) is 0 Å². The van der Waals surface area contributed by atoms with Crippen LogP contribution in [-0.4, -0.2) is 23.2 Å². The third kappa shape index (κ3) is 3.04. The second kappa shape index (κ2) is 5.73. The highest BCUT2D eigenvalue weighted by molar-refractivity contribution is 6.05. The molecular weight excluding hydrogens is 288 g/mol. The van der Waals surface area contributed by atoms with Crippen molar-refractivity contribution in [2.24, 2.45) is 5.41 Å². The number of carbonyl (C=O) groups is 2. The Balaban J connectivity index is 2.14. The van der Waals surface area contributed by atoms with Gasteiger partial charge in [-0.25, -0.2) is 0 Å². The Morgan fingerprint density at radius 3 is 2.61 bits per heavy atom. The normalized spacial score (nSPS) is 19.4. The van der Waals surface area contributed by atoms with E-state index in [1.807, 2.05) is 13.8 Å². The number of ketones is 1. The van der Waals surface area contributed by atoms with Crippen molar-refractivity contribution in [3.05, 3.63) is 28.1 Å². The molecule has 4 nitrogen and oxygen atoms in total. The summed E-state index contributed by atoms with van der Waals surface area (Å²) < 4.78 is 0. The average Bonchev–Trinajstić information content (AvgIpc) is 3.26. The standard InChI is InChI=1S/C19H26N2O2/c1-5-8-20-18(23)15-11(2)21-13-9-19(3,4)10-14(22)17(13)16(15)12-6-7-12/h12H,5-10H2,1-4H3,(H,20,23). The summed E-state index contributed by atoms with van der Waals surface area (Å²) in [5.74, 6) is 0.451. The van der Waals surface area contributed by atoms with Crippen molar-refractivity contribution in [2.75, 3.05) is 6.54 Å². The highest BCUT2D eigenvalue weighted by atomic mass is 16.1. The van der Waals surface area contributed by atoms with Crippen LogP contribution in [0.15, 0.2) is 0 Å². The van der Waals surface area contributed by atoms with Crippen LogP contribution < -0.4 is 5.32 Å². The number of carbonyl (C=O) groups excluding carboxylic acids is 2. The molecule has 0 atom stereocenters. The molecule has 0 aliphatic heterocycles. The van der Waals surface area contributed by atoms with Gasteiger partial charge in [0.15, 0.2) is 5.78 Å². The van der Waals surface area contributed by atoms with E-state index in [2.05, 4.69) is 24.1 Å². The number of nitrogens with one attached hydrogen (secondary N) is 1. The van der Waals surface area contributed by atoms with Gasteiger partial charge in [0.05, 0.1) is 17.0 Å². The molecule has 1 aromatic rings. The van der Waals surface area contributed by atoms with Crippen LogP contribution >= 0.6 is 0 Å². The summed E-state index contributed by atoms with van der Waals surface area (Å²) in [6.45, 7) is 8.82. The van der Waals surface area contributed by atoms with Crippen molar-refractivity contribution in [1.82, 2.24) is 10.3 Å². The molecule has 0 unspecified atom stereocenters. The average molecular weight is 314 g/mol. The number of nitrogens with zero attached hydrogens (tertiary/aromatic N) is 1. The third-order valence-corrected chi connectivity index (χ3v) is 4.80. The highest BCUT2D eigenvalue weighted by Gasteiger charge is 2.40. The van der Waals surface area contributed by atoms with Gasteiger partial charge in [0.2, 0.25) is 0 Å². The van der Waals surface area contributed by atoms with E-state index in [9.17, 15) is 9.59 Å². The molecular formula is C19H26N2O2. The first-order chi connectivity index (χ1) is 10.8. The van der Waals surface area contributed by atoms with Gasteiger partial charge in [-0.15, -0.1) is 0 Å². The Bertz CT molecular complexity index is 672. The maximum Gasteiger partial charge on any atom is 0.253 e. The maximum atomic E-state index is 12.8. The van der Waals surface area contributed by atoms with Crippen molar-refractivity contribution in [3.63, 3.8) is 0 Å². The number of aromatic nitrogens is 1. The lowest BCUT2D eigenvalue weighted by Gasteiger charge is -2.31. The molecule has 2 aliphatic carbocycles. The summed E-state index contributed by atoms with van der Waals surface area (Å²) in [4.78, 5) is 30.1. The van der Waals surface area contributed by atoms with E-state index in [0.717, 1.165) is 48.2 Å². The Labute approximate surface area is 138 Å². The number of aryl methyl sites for hydroxylation is 1. The SMILES string of the molecule is CCCNC(=O)c1c(C)nc2c(c1C1CC1)C(=O)CC(C)(C)C2. The number of hydrogen-bond acceptors (Lipinski definition) is 3. The first-order valence-electron chi connectivity index (χ1n) is 8.69. The van der Waals surface area contributed by atoms with Gasteiger partial charge >= 0.3 is 0 Å². The minimum atomic E-state index is -0.0702. The summed E-state index contributed by atoms with van der Waals surface area (Å²) in [6.07, 6.45) is 4.39. The fourth-order valence-corrected chi connectivity index (χ4v) is 3.66. The number of Topliss-reactive ketones (excluding diaryl/α,β-unsaturated/α-hetero) is 1. The van der Waals surface area contributed by atoms with E-state index in [-0.39, 0.29) is 17.1 Å². The minimum Gasteiger partial charge on any atom is -0.352 e. The second-order valence-electron chi connectivity index (χ2n) is 7.78. The van der Waals surface area contributed by atoms with Crippen molar-refractivity contribution in [2.45, 2.75) is 65.7 Å². The van der Waals surface area contributed by atoms with E-state index in [4.69, 9.17) is 0 Å². The van der Waals surface area contributed by atoms with E-state index in [1.54, 1.807) is 0 Å². The lowest BCUT2D eigenvalue weighted by molar-refractivity contribution is 0.0908. The zero-order valence-corrected chi connectivity index (χ0v) is 14.6. The second-order valence-corrected chi connectivity index (χ2v) is 7.78. The minimum absolute atomic E-state index is 0.0453. The van der Waals surface area contributed by atoms with Crippen LogP contribution in [0.25, 0.3) is 0 Å². The van der Waals surface area contributed by atoms with Crippen LogP contribution in [0.3, 0.4) is 0 Å². The number of amides is 1. The molecule has 1 aromatic heterocycles. The summed E-state index contributed by atoms with van der Waals surface area (Å²) in [5.41, 5.74) is 4.03. The molecule has 0 saturated heterocycles. The predicted octanol–water partition coefficient (Wildman–Crippen LogP) is 3.56. The molecule has 0 spiro atoms. The van der Waals surface area contributed by atoms with E-state index in [1.165, 1.54) is 0 Å². The fraction of sp³-hybridized carbons (Fsp3) is 0.632. The van der Waals surface area contributed by atoms with Gasteiger partial charge in [-0.2, -0.15) is 0 Å². The van der Waals surface area contributed by atoms with Gasteiger partial charge in [0.25, 0.3) is 5.91 Å². The Morgan fingerprint density at radius 2 is 2.00 bits per heavy atom. The van der Waals surface area contributed by atoms with Gasteiger partial charge in [-0.3, -0.25) is 14.6 Å². The molecule has 0 bridgehead atoms. The molecule has 1 saturated carbocycles. The van der Waals surface area contributed by atoms with Crippen LogP contribution in [-0.2, 0) is 6.42 Å². The molecule has 4 heteroatoms. The number of fused-ring (bicyclic) bond motifs is 1. The van der Waals surface area contributed by atoms with Crippen molar-refractivity contribution in [1.29, 1.82) is 0 Å². The van der Waals surface area contributed by atoms with Crippen LogP contribution in [0, 0.1) is 12.3 Å². The van der Waals surface area contributed by atoms with E-state index in [0.29, 0.717) is 24.4 Å². The van der Waals surface area contributed by atoms with Gasteiger partial charge < -0.3 is 5.32 Å². The first-order valence-corrected chi connectivity index (χ1v) is 8.69. The van der Waals surface area contributed by atoms with Crippen molar-refractivity contribution < 1.29 is 9.59 Å². The van der Waals surface area contributed by atoms with Crippen molar-refractivity contribution in [3.8, 4) is 0 Å². The smallest absolute Gasteiger partial charge is 0.253 e. The fourth-order valence-electron chi connectivity index (χ4n) is 3.66. The van der Waals surface area contributed by atoms with Gasteiger partial charge in [0.1, 0.15) is 0 Å². The lowest BCUT2D eigenvalue weighted by Crippen LogP contribution is -2.32. The summed E-state index contributed by atoms with van der Waals surface area (Å²) in [7, 11) is 0. The Morgan fingerprint density at radius 1 is 1.30 bits per heavy atom. The molecule has 1 fully saturated rings. The summed E-state index contributed by atoms with van der Waals surface area (Å²) in [5, 5.41) is 2.96. The largest absolute Gasteiger partial charge is 0.352 e. The number of hydrogen-bond donors (Lipinski definition) is 1. The first kappa shape index (κ1) is 16.2. The molecule has 3 rings (SSSR count). The number of rotatable bonds is 4. The van der Waals surface area contributed by atoms with Crippen LogP contribution in [0.4, 0.5) is 0 Å². The molecule has 1 amide bonds. The predicted molar refractivity (Wildman–Crippen MR) is 90.0 cm³/mol. The van der Waals surface area contributed by atoms with Gasteiger partial charge in [-0.1, -0.05) is 20.8 Å². The van der Waals surface area contributed by atoms with E-state index >= 15 is 0 Å². The number of pyridine rings is 1. The Hall–Kier alpha value is -1.71. The molecule has 0 radical (unpaired) electrons. The quantitative estimate of drug-likeness (QED) is 0.924. The molecule has 1 heterocycles. The van der Waals surface area contributed by atoms with Crippen molar-refractivity contribution >= 4 is 11.7 Å². The Kier molecular flexibility index (Phi) is 4.03. The highest BCUT2D eigenvalue weighted by Crippen LogP contribution is 2.47. The van der Waals surface area contributed by atoms with Crippen LogP contribution in [0.1, 0.15) is 90.0 Å². The van der Waals surface area contributed by atoms with Gasteiger partial charge in [-0.05, 0) is 49.5 Å². The molecule has 2 aliphatic rings. The lowest BCUT2D eigenvalue weighted by atomic mass is 9.73. The third-order valence-electron chi connectivity index (χ3n) is 4.80. The molecule has 23 heavy (non-hydrogen) atoms. The topological polar surface area (TPSA) is 59.1 Å². The summed E-state index contributed by atoms with van der Waals surface area (Å²) >= 11 is 0. The zero-order chi connectivity index (χ0) is 16.8. The van der Waals surface area contributed by atoms with Gasteiger partial charge in [0, 0.05) is 18.5 Å².